The molecule has 0 radical (unpaired) electrons. The van der Waals surface area contributed by atoms with E-state index in [0.29, 0.717) is 11.8 Å². The van der Waals surface area contributed by atoms with E-state index in [1.165, 1.54) is 32.1 Å². The zero-order valence-electron chi connectivity index (χ0n) is 16.9. The number of nitrogens with zero attached hydrogens (tertiary/aromatic N) is 2. The predicted molar refractivity (Wildman–Crippen MR) is 104 cm³/mol. The van der Waals surface area contributed by atoms with Crippen molar-refractivity contribution in [3.05, 3.63) is 34.9 Å². The van der Waals surface area contributed by atoms with Crippen molar-refractivity contribution in [2.75, 3.05) is 0 Å². The van der Waals surface area contributed by atoms with Crippen LogP contribution in [-0.4, -0.2) is 33.4 Å². The van der Waals surface area contributed by atoms with Gasteiger partial charge in [0.15, 0.2) is 0 Å². The van der Waals surface area contributed by atoms with Gasteiger partial charge in [-0.05, 0) is 101 Å². The van der Waals surface area contributed by atoms with Crippen LogP contribution in [0, 0.1) is 37.5 Å². The number of hydrogen-bond donors (Lipinski definition) is 0. The molecular weight excluding hydrogens is 336 g/mol. The van der Waals surface area contributed by atoms with Crippen LogP contribution >= 0.6 is 0 Å². The average Bonchev–Trinajstić information content (AvgIpc) is 2.61. The lowest BCUT2D eigenvalue weighted by Crippen LogP contribution is -2.80. The summed E-state index contributed by atoms with van der Waals surface area (Å²) in [4.78, 5) is 26.7. The van der Waals surface area contributed by atoms with E-state index in [-0.39, 0.29) is 17.9 Å². The molecule has 1 saturated heterocycles. The van der Waals surface area contributed by atoms with Crippen molar-refractivity contribution in [1.82, 2.24) is 10.0 Å². The number of carbonyl (C=O) groups excluding carboxylic acids is 2. The molecule has 4 aliphatic carbocycles. The molecule has 4 saturated carbocycles. The molecule has 0 spiro atoms. The van der Waals surface area contributed by atoms with Crippen molar-refractivity contribution in [1.29, 1.82) is 0 Å². The summed E-state index contributed by atoms with van der Waals surface area (Å²) in [5.74, 6) is 2.98. The van der Waals surface area contributed by atoms with Gasteiger partial charge < -0.3 is 0 Å². The van der Waals surface area contributed by atoms with E-state index in [1.54, 1.807) is 5.01 Å². The highest BCUT2D eigenvalue weighted by molar-refractivity contribution is 6.05. The maximum atomic E-state index is 13.5. The minimum absolute atomic E-state index is 0.0189. The highest BCUT2D eigenvalue weighted by atomic mass is 16.2. The Labute approximate surface area is 161 Å². The SMILES string of the molecule is Cc1cccc(C(=O)N2N(C3C4CC5CC(C4)CC3C5)C(=O)C2(C)C)c1C. The summed E-state index contributed by atoms with van der Waals surface area (Å²) in [6.45, 7) is 7.83. The number of aryl methyl sites for hydroxylation is 1. The van der Waals surface area contributed by atoms with E-state index in [0.717, 1.165) is 28.5 Å². The molecule has 2 amide bonds. The first-order valence-corrected chi connectivity index (χ1v) is 10.5. The van der Waals surface area contributed by atoms with E-state index < -0.39 is 5.54 Å². The number of hydrogen-bond acceptors (Lipinski definition) is 2. The molecule has 4 bridgehead atoms. The predicted octanol–water partition coefficient (Wildman–Crippen LogP) is 4.11. The highest BCUT2D eigenvalue weighted by Gasteiger charge is 2.62. The van der Waals surface area contributed by atoms with Gasteiger partial charge in [0.1, 0.15) is 5.54 Å². The Morgan fingerprint density at radius 2 is 1.59 bits per heavy atom. The van der Waals surface area contributed by atoms with Gasteiger partial charge in [-0.3, -0.25) is 9.59 Å². The van der Waals surface area contributed by atoms with Crippen LogP contribution in [-0.2, 0) is 4.79 Å². The molecular formula is C23H30N2O2. The molecule has 5 aliphatic rings. The summed E-state index contributed by atoms with van der Waals surface area (Å²) < 4.78 is 0. The fourth-order valence-electron chi connectivity index (χ4n) is 6.70. The molecule has 1 aromatic rings. The van der Waals surface area contributed by atoms with Crippen LogP contribution in [0.2, 0.25) is 0 Å². The third-order valence-electron chi connectivity index (χ3n) is 7.96. The average molecular weight is 367 g/mol. The molecule has 4 nitrogen and oxygen atoms in total. The van der Waals surface area contributed by atoms with Crippen molar-refractivity contribution in [2.24, 2.45) is 23.7 Å². The second-order valence-electron chi connectivity index (χ2n) is 9.99. The van der Waals surface area contributed by atoms with Crippen LogP contribution in [0.15, 0.2) is 18.2 Å². The molecule has 0 N–H and O–H groups in total. The molecule has 1 aliphatic heterocycles. The maximum Gasteiger partial charge on any atom is 0.273 e. The van der Waals surface area contributed by atoms with Gasteiger partial charge >= 0.3 is 0 Å². The standard InChI is InChI=1S/C23H30N2O2/c1-13-6-5-7-19(14(13)2)21(26)25-23(3,4)22(27)24(25)20-17-9-15-8-16(11-17)12-18(20)10-15/h5-7,15-18,20H,8-12H2,1-4H3. The summed E-state index contributed by atoms with van der Waals surface area (Å²) in [6.07, 6.45) is 6.37. The Hall–Kier alpha value is -1.84. The molecule has 0 unspecified atom stereocenters. The monoisotopic (exact) mass is 366 g/mol. The second-order valence-corrected chi connectivity index (χ2v) is 9.99. The lowest BCUT2D eigenvalue weighted by molar-refractivity contribution is -0.230. The molecule has 0 aromatic heterocycles. The number of carbonyl (C=O) groups is 2. The van der Waals surface area contributed by atoms with E-state index in [2.05, 4.69) is 0 Å². The topological polar surface area (TPSA) is 40.6 Å². The summed E-state index contributed by atoms with van der Waals surface area (Å²) >= 11 is 0. The number of amides is 2. The van der Waals surface area contributed by atoms with Crippen LogP contribution in [0.5, 0.6) is 0 Å². The van der Waals surface area contributed by atoms with Gasteiger partial charge in [0.2, 0.25) is 0 Å². The van der Waals surface area contributed by atoms with Crippen LogP contribution in [0.1, 0.15) is 67.4 Å². The molecule has 6 rings (SSSR count). The summed E-state index contributed by atoms with van der Waals surface area (Å²) in [5.41, 5.74) is 2.11. The Bertz CT molecular complexity index is 800. The number of hydrazine groups is 1. The fourth-order valence-corrected chi connectivity index (χ4v) is 6.70. The molecule has 5 fully saturated rings. The van der Waals surface area contributed by atoms with E-state index >= 15 is 0 Å². The van der Waals surface area contributed by atoms with Crippen LogP contribution in [0.4, 0.5) is 0 Å². The van der Waals surface area contributed by atoms with Crippen LogP contribution < -0.4 is 0 Å². The molecule has 1 aromatic carbocycles. The van der Waals surface area contributed by atoms with Crippen molar-refractivity contribution in [3.63, 3.8) is 0 Å². The first kappa shape index (κ1) is 17.3. The Balaban J connectivity index is 1.50. The molecule has 0 atom stereocenters. The number of rotatable bonds is 2. The molecule has 1 heterocycles. The molecule has 4 heteroatoms. The van der Waals surface area contributed by atoms with Crippen molar-refractivity contribution in [3.8, 4) is 0 Å². The minimum atomic E-state index is -0.748. The van der Waals surface area contributed by atoms with Gasteiger partial charge in [0, 0.05) is 5.56 Å². The Kier molecular flexibility index (Phi) is 3.57. The molecule has 27 heavy (non-hydrogen) atoms. The lowest BCUT2D eigenvalue weighted by atomic mass is 9.53. The summed E-state index contributed by atoms with van der Waals surface area (Å²) in [5, 5.41) is 3.68. The zero-order valence-corrected chi connectivity index (χ0v) is 16.9. The quantitative estimate of drug-likeness (QED) is 0.790. The molecule has 144 valence electrons. The van der Waals surface area contributed by atoms with Crippen molar-refractivity contribution in [2.45, 2.75) is 71.4 Å². The third kappa shape index (κ3) is 2.28. The van der Waals surface area contributed by atoms with Gasteiger partial charge in [-0.25, -0.2) is 10.0 Å². The largest absolute Gasteiger partial charge is 0.273 e. The van der Waals surface area contributed by atoms with Crippen LogP contribution in [0.25, 0.3) is 0 Å². The smallest absolute Gasteiger partial charge is 0.270 e. The van der Waals surface area contributed by atoms with Crippen molar-refractivity contribution < 1.29 is 9.59 Å². The van der Waals surface area contributed by atoms with Gasteiger partial charge in [-0.2, -0.15) is 0 Å². The van der Waals surface area contributed by atoms with Gasteiger partial charge in [-0.1, -0.05) is 12.1 Å². The van der Waals surface area contributed by atoms with Gasteiger partial charge in [0.05, 0.1) is 6.04 Å². The fraction of sp³-hybridized carbons (Fsp3) is 0.652. The third-order valence-corrected chi connectivity index (χ3v) is 7.96. The summed E-state index contributed by atoms with van der Waals surface area (Å²) in [7, 11) is 0. The van der Waals surface area contributed by atoms with E-state index in [4.69, 9.17) is 0 Å². The van der Waals surface area contributed by atoms with Gasteiger partial charge in [-0.15, -0.1) is 0 Å². The summed E-state index contributed by atoms with van der Waals surface area (Å²) in [6, 6.07) is 6.11. The van der Waals surface area contributed by atoms with Gasteiger partial charge in [0.25, 0.3) is 11.8 Å². The highest BCUT2D eigenvalue weighted by Crippen LogP contribution is 2.57. The maximum absolute atomic E-state index is 13.5. The Morgan fingerprint density at radius 1 is 1.00 bits per heavy atom. The van der Waals surface area contributed by atoms with Crippen molar-refractivity contribution >= 4 is 11.8 Å². The van der Waals surface area contributed by atoms with Crippen LogP contribution in [0.3, 0.4) is 0 Å². The minimum Gasteiger partial charge on any atom is -0.270 e. The van der Waals surface area contributed by atoms with E-state index in [9.17, 15) is 9.59 Å². The number of benzene rings is 1. The lowest BCUT2D eigenvalue weighted by Gasteiger charge is -2.65. The zero-order chi connectivity index (χ0) is 19.1. The first-order valence-electron chi connectivity index (χ1n) is 10.5. The first-order chi connectivity index (χ1) is 12.8. The van der Waals surface area contributed by atoms with E-state index in [1.807, 2.05) is 50.9 Å². The second kappa shape index (κ2) is 5.59. The Morgan fingerprint density at radius 3 is 2.19 bits per heavy atom. The normalized spacial score (nSPS) is 36.1.